The second-order valence-corrected chi connectivity index (χ2v) is 13.8. The van der Waals surface area contributed by atoms with Crippen LogP contribution in [0.15, 0.2) is 6.07 Å². The number of ether oxygens (including phenoxy) is 10. The van der Waals surface area contributed by atoms with Crippen LogP contribution in [-0.4, -0.2) is 109 Å². The molecule has 15 heteroatoms. The Morgan fingerprint density at radius 2 is 1.82 bits per heavy atom. The van der Waals surface area contributed by atoms with Gasteiger partial charge in [0.05, 0.1) is 30.8 Å². The first-order chi connectivity index (χ1) is 23.7. The van der Waals surface area contributed by atoms with Crippen molar-refractivity contribution in [3.8, 4) is 17.2 Å². The Hall–Kier alpha value is -3.41. The highest BCUT2D eigenvalue weighted by molar-refractivity contribution is 6.11. The monoisotopic (exact) mass is 700 g/mol. The lowest BCUT2D eigenvalue weighted by molar-refractivity contribution is -0.385. The lowest BCUT2D eigenvalue weighted by Gasteiger charge is -2.52. The molecular formula is C35H40O15. The lowest BCUT2D eigenvalue weighted by Crippen LogP contribution is -2.72. The summed E-state index contributed by atoms with van der Waals surface area (Å²) in [6.45, 7) is 5.70. The summed E-state index contributed by atoms with van der Waals surface area (Å²) >= 11 is 0. The standard InChI is InChI=1S/C35H40O15/c1-14-11-19-25(26(39)24-18(27(19)41-5)9-8-10-20(24)38)28-23(14)29-30-34(48-28,32(13-44-32)35(49-29,50-30)31(42-6)43-7)47-22-12-21(46-17(4)37)33(40,15(2)36)16(3)45-22/h11,16,21-22,29-31,39-40H,8-10,12-13H2,1-7H3/t16?,21?,22?,29?,30?,32-,33?,34+,35?/m0/s1. The van der Waals surface area contributed by atoms with Crippen molar-refractivity contribution in [3.05, 3.63) is 28.3 Å². The normalized spacial score (nSPS) is 37.9. The van der Waals surface area contributed by atoms with Crippen LogP contribution in [0, 0.1) is 6.92 Å². The van der Waals surface area contributed by atoms with Gasteiger partial charge in [0.2, 0.25) is 11.9 Å². The van der Waals surface area contributed by atoms with Crippen LogP contribution in [0.3, 0.4) is 0 Å². The van der Waals surface area contributed by atoms with Crippen molar-refractivity contribution in [2.24, 2.45) is 0 Å². The fourth-order valence-corrected chi connectivity index (χ4v) is 9.01. The number of esters is 1. The van der Waals surface area contributed by atoms with Crippen LogP contribution in [0.25, 0.3) is 10.8 Å². The molecule has 0 aromatic heterocycles. The van der Waals surface area contributed by atoms with E-state index in [1.807, 2.05) is 13.0 Å². The van der Waals surface area contributed by atoms with Crippen LogP contribution in [0.5, 0.6) is 17.2 Å². The van der Waals surface area contributed by atoms with E-state index < -0.39 is 71.5 Å². The minimum atomic E-state index is -2.16. The van der Waals surface area contributed by atoms with Gasteiger partial charge in [-0.25, -0.2) is 0 Å². The summed E-state index contributed by atoms with van der Waals surface area (Å²) in [7, 11) is 4.37. The Morgan fingerprint density at radius 1 is 1.10 bits per heavy atom. The largest absolute Gasteiger partial charge is 0.506 e. The summed E-state index contributed by atoms with van der Waals surface area (Å²) < 4.78 is 62.4. The molecule has 2 N–H and O–H groups in total. The number of methoxy groups -OCH3 is 3. The zero-order valence-electron chi connectivity index (χ0n) is 28.8. The van der Waals surface area contributed by atoms with Gasteiger partial charge in [-0.15, -0.1) is 0 Å². The van der Waals surface area contributed by atoms with Gasteiger partial charge in [-0.2, -0.15) is 0 Å². The summed E-state index contributed by atoms with van der Waals surface area (Å²) in [6.07, 6.45) is -5.69. The second-order valence-electron chi connectivity index (χ2n) is 13.8. The first-order valence-electron chi connectivity index (χ1n) is 16.7. The third-order valence-electron chi connectivity index (χ3n) is 11.3. The Kier molecular flexibility index (Phi) is 7.45. The molecule has 2 aromatic rings. The molecule has 6 aliphatic rings. The average Bonchev–Trinajstić information content (AvgIpc) is 3.73. The first-order valence-corrected chi connectivity index (χ1v) is 16.7. The van der Waals surface area contributed by atoms with E-state index in [0.29, 0.717) is 35.1 Å². The number of fused-ring (bicyclic) bond motifs is 8. The number of Topliss-reactive ketones (excluding diaryl/α,β-unsaturated/α-hetero) is 2. The average molecular weight is 701 g/mol. The molecule has 9 atom stereocenters. The van der Waals surface area contributed by atoms with Crippen molar-refractivity contribution < 1.29 is 72.0 Å². The van der Waals surface area contributed by atoms with Crippen LogP contribution in [-0.2, 0) is 53.9 Å². The number of rotatable bonds is 8. The Labute approximate surface area is 286 Å². The number of hydrogen-bond donors (Lipinski definition) is 2. The van der Waals surface area contributed by atoms with Gasteiger partial charge >= 0.3 is 5.97 Å². The van der Waals surface area contributed by atoms with Crippen molar-refractivity contribution in [2.75, 3.05) is 27.9 Å². The highest BCUT2D eigenvalue weighted by Crippen LogP contribution is 2.72. The number of aliphatic hydroxyl groups is 1. The summed E-state index contributed by atoms with van der Waals surface area (Å²) in [6, 6.07) is 1.86. The van der Waals surface area contributed by atoms with Gasteiger partial charge < -0.3 is 57.6 Å². The molecule has 0 radical (unpaired) electrons. The number of phenolic OH excluding ortho intramolecular Hbond substituents is 1. The Morgan fingerprint density at radius 3 is 2.44 bits per heavy atom. The summed E-state index contributed by atoms with van der Waals surface area (Å²) in [5, 5.41) is 24.1. The molecule has 8 rings (SSSR count). The van der Waals surface area contributed by atoms with Crippen molar-refractivity contribution in [1.29, 1.82) is 0 Å². The molecule has 7 unspecified atom stereocenters. The van der Waals surface area contributed by atoms with Crippen molar-refractivity contribution in [1.82, 2.24) is 0 Å². The number of phenols is 1. The van der Waals surface area contributed by atoms with E-state index >= 15 is 0 Å². The van der Waals surface area contributed by atoms with Crippen LogP contribution < -0.4 is 9.47 Å². The number of epoxide rings is 1. The Bertz CT molecular complexity index is 1830. The molecule has 5 aliphatic heterocycles. The second kappa shape index (κ2) is 11.0. The molecule has 0 saturated carbocycles. The van der Waals surface area contributed by atoms with E-state index in [4.69, 9.17) is 47.4 Å². The van der Waals surface area contributed by atoms with Crippen LogP contribution >= 0.6 is 0 Å². The molecule has 50 heavy (non-hydrogen) atoms. The van der Waals surface area contributed by atoms with Crippen molar-refractivity contribution in [3.63, 3.8) is 0 Å². The fourth-order valence-electron chi connectivity index (χ4n) is 9.01. The molecule has 270 valence electrons. The number of ketones is 2. The lowest BCUT2D eigenvalue weighted by atomic mass is 9.78. The molecular weight excluding hydrogens is 660 g/mol. The smallest absolute Gasteiger partial charge is 0.303 e. The van der Waals surface area contributed by atoms with E-state index in [1.54, 1.807) is 0 Å². The van der Waals surface area contributed by atoms with Crippen LogP contribution in [0.1, 0.15) is 73.2 Å². The molecule has 0 amide bonds. The van der Waals surface area contributed by atoms with E-state index in [9.17, 15) is 24.6 Å². The topological polar surface area (TPSA) is 187 Å². The number of carbonyl (C=O) groups excluding carboxylic acids is 3. The zero-order valence-corrected chi connectivity index (χ0v) is 28.8. The van der Waals surface area contributed by atoms with Gasteiger partial charge in [0.15, 0.2) is 29.6 Å². The minimum Gasteiger partial charge on any atom is -0.506 e. The van der Waals surface area contributed by atoms with E-state index in [0.717, 1.165) is 5.56 Å². The van der Waals surface area contributed by atoms with Gasteiger partial charge in [0, 0.05) is 50.5 Å². The number of aryl methyl sites for hydroxylation is 1. The third kappa shape index (κ3) is 4.00. The summed E-state index contributed by atoms with van der Waals surface area (Å²) in [5.41, 5.74) is -1.64. The SMILES string of the molecule is COc1c2c(c(O)c3c4c(c(C)cc13)C1OC3(C(OC)OC)OC1[C@@](OC1CC(OC(C)=O)C(O)(C(C)=O)C(C)O1)(O4)[C@@]31CO1)C(=O)CCC2. The fraction of sp³-hybridized carbons (Fsp3) is 0.629. The van der Waals surface area contributed by atoms with Gasteiger partial charge in [-0.05, 0) is 45.2 Å². The van der Waals surface area contributed by atoms with Gasteiger partial charge in [-0.1, -0.05) is 0 Å². The van der Waals surface area contributed by atoms with Crippen molar-refractivity contribution >= 4 is 28.3 Å². The first kappa shape index (κ1) is 33.7. The quantitative estimate of drug-likeness (QED) is 0.232. The highest BCUT2D eigenvalue weighted by Gasteiger charge is 2.94. The van der Waals surface area contributed by atoms with Crippen molar-refractivity contribution in [2.45, 2.75) is 113 Å². The number of benzene rings is 2. The highest BCUT2D eigenvalue weighted by atomic mass is 16.9. The maximum atomic E-state index is 13.3. The van der Waals surface area contributed by atoms with Gasteiger partial charge in [0.1, 0.15) is 29.5 Å². The van der Waals surface area contributed by atoms with Gasteiger partial charge in [-0.3, -0.25) is 14.4 Å². The molecule has 4 fully saturated rings. The van der Waals surface area contributed by atoms with E-state index in [-0.39, 0.29) is 47.7 Å². The molecule has 2 aromatic carbocycles. The zero-order chi connectivity index (χ0) is 35.7. The molecule has 15 nitrogen and oxygen atoms in total. The number of hydrogen-bond acceptors (Lipinski definition) is 15. The predicted octanol–water partition coefficient (Wildman–Crippen LogP) is 2.43. The maximum absolute atomic E-state index is 13.3. The molecule has 4 saturated heterocycles. The van der Waals surface area contributed by atoms with E-state index in [2.05, 4.69) is 0 Å². The predicted molar refractivity (Wildman–Crippen MR) is 167 cm³/mol. The third-order valence-corrected chi connectivity index (χ3v) is 11.3. The Balaban J connectivity index is 1.33. The molecule has 1 spiro atoms. The molecule has 2 bridgehead atoms. The molecule has 1 aliphatic carbocycles. The number of carbonyl (C=O) groups is 3. The molecule has 5 heterocycles. The summed E-state index contributed by atoms with van der Waals surface area (Å²) in [5.74, 6) is -4.83. The maximum Gasteiger partial charge on any atom is 0.303 e. The summed E-state index contributed by atoms with van der Waals surface area (Å²) in [4.78, 5) is 38.2. The number of aromatic hydroxyl groups is 1. The van der Waals surface area contributed by atoms with E-state index in [1.165, 1.54) is 42.1 Å². The van der Waals surface area contributed by atoms with Crippen LogP contribution in [0.2, 0.25) is 0 Å². The van der Waals surface area contributed by atoms with Crippen LogP contribution in [0.4, 0.5) is 0 Å². The minimum absolute atomic E-state index is 0.00522. The van der Waals surface area contributed by atoms with Gasteiger partial charge in [0.25, 0.3) is 11.6 Å².